The Morgan fingerprint density at radius 2 is 1.81 bits per heavy atom. The minimum Gasteiger partial charge on any atom is -0.325 e. The minimum atomic E-state index is -3.65. The van der Waals surface area contributed by atoms with Gasteiger partial charge in [-0.25, -0.2) is 21.5 Å². The van der Waals surface area contributed by atoms with Crippen LogP contribution in [0.3, 0.4) is 0 Å². The number of sulfonamides is 1. The highest BCUT2D eigenvalue weighted by Crippen LogP contribution is 2.28. The SMILES string of the molecule is Cc1ccc(S(=O)(=O)N(C)C)cc1NC(=O)C(C)Sc1cc(F)ccc1F. The molecule has 0 aliphatic rings. The summed E-state index contributed by atoms with van der Waals surface area (Å²) < 4.78 is 52.6. The number of hydrogen-bond acceptors (Lipinski definition) is 4. The molecule has 0 aliphatic heterocycles. The van der Waals surface area contributed by atoms with Crippen molar-refractivity contribution < 1.29 is 22.0 Å². The molecule has 146 valence electrons. The second kappa shape index (κ2) is 8.37. The van der Waals surface area contributed by atoms with Crippen molar-refractivity contribution >= 4 is 33.4 Å². The quantitative estimate of drug-likeness (QED) is 0.733. The van der Waals surface area contributed by atoms with Gasteiger partial charge in [-0.3, -0.25) is 4.79 Å². The van der Waals surface area contributed by atoms with Gasteiger partial charge in [0.1, 0.15) is 11.6 Å². The van der Waals surface area contributed by atoms with E-state index in [1.165, 1.54) is 26.2 Å². The first-order chi connectivity index (χ1) is 12.5. The number of anilines is 1. The predicted octanol–water partition coefficient (Wildman–Crippen LogP) is 3.64. The number of nitrogens with one attached hydrogen (secondary N) is 1. The first-order valence-corrected chi connectivity index (χ1v) is 10.3. The number of thioether (sulfide) groups is 1. The number of carbonyl (C=O) groups is 1. The Hall–Kier alpha value is -1.97. The van der Waals surface area contributed by atoms with Crippen molar-refractivity contribution in [2.45, 2.75) is 28.9 Å². The van der Waals surface area contributed by atoms with Gasteiger partial charge in [-0.2, -0.15) is 0 Å². The molecule has 0 saturated heterocycles. The summed E-state index contributed by atoms with van der Waals surface area (Å²) in [6.45, 7) is 3.28. The third kappa shape index (κ3) is 5.06. The summed E-state index contributed by atoms with van der Waals surface area (Å²) in [6.07, 6.45) is 0. The third-order valence-electron chi connectivity index (χ3n) is 3.81. The van der Waals surface area contributed by atoms with Crippen LogP contribution in [-0.2, 0) is 14.8 Å². The highest BCUT2D eigenvalue weighted by molar-refractivity contribution is 8.00. The molecule has 2 rings (SSSR count). The van der Waals surface area contributed by atoms with Crippen LogP contribution in [0.4, 0.5) is 14.5 Å². The number of rotatable bonds is 6. The van der Waals surface area contributed by atoms with Gasteiger partial charge in [0.2, 0.25) is 15.9 Å². The normalized spacial score (nSPS) is 12.9. The van der Waals surface area contributed by atoms with Gasteiger partial charge >= 0.3 is 0 Å². The van der Waals surface area contributed by atoms with Crippen LogP contribution in [0.5, 0.6) is 0 Å². The molecule has 0 saturated carbocycles. The molecular weight excluding hydrogens is 394 g/mol. The zero-order valence-electron chi connectivity index (χ0n) is 15.3. The molecular formula is C18H20F2N2O3S2. The summed E-state index contributed by atoms with van der Waals surface area (Å²) in [6, 6.07) is 7.46. The first-order valence-electron chi connectivity index (χ1n) is 7.98. The fourth-order valence-electron chi connectivity index (χ4n) is 2.15. The van der Waals surface area contributed by atoms with Crippen molar-refractivity contribution in [1.29, 1.82) is 0 Å². The molecule has 1 amide bonds. The summed E-state index contributed by atoms with van der Waals surface area (Å²) in [5, 5.41) is 1.93. The average molecular weight is 414 g/mol. The predicted molar refractivity (Wildman–Crippen MR) is 102 cm³/mol. The lowest BCUT2D eigenvalue weighted by atomic mass is 10.2. The van der Waals surface area contributed by atoms with Crippen molar-refractivity contribution in [2.75, 3.05) is 19.4 Å². The fraction of sp³-hybridized carbons (Fsp3) is 0.278. The first kappa shape index (κ1) is 21.3. The van der Waals surface area contributed by atoms with Crippen LogP contribution in [0.15, 0.2) is 46.2 Å². The van der Waals surface area contributed by atoms with E-state index in [4.69, 9.17) is 0 Å². The molecule has 5 nitrogen and oxygen atoms in total. The summed E-state index contributed by atoms with van der Waals surface area (Å²) >= 11 is 0.879. The summed E-state index contributed by atoms with van der Waals surface area (Å²) in [5.74, 6) is -1.66. The van der Waals surface area contributed by atoms with Gasteiger partial charge in [0.05, 0.1) is 10.1 Å². The average Bonchev–Trinajstić information content (AvgIpc) is 2.59. The maximum absolute atomic E-state index is 13.8. The molecule has 1 unspecified atom stereocenters. The summed E-state index contributed by atoms with van der Waals surface area (Å²) in [5.41, 5.74) is 1.02. The number of halogens is 2. The molecule has 0 bridgehead atoms. The van der Waals surface area contributed by atoms with Crippen LogP contribution in [0.1, 0.15) is 12.5 Å². The Kier molecular flexibility index (Phi) is 6.61. The standard InChI is InChI=1S/C18H20F2N2O3S2/c1-11-5-7-14(27(24,25)22(3)4)10-16(11)21-18(23)12(2)26-17-9-13(19)6-8-15(17)20/h5-10,12H,1-4H3,(H,21,23). The van der Waals surface area contributed by atoms with E-state index in [1.807, 2.05) is 0 Å². The van der Waals surface area contributed by atoms with E-state index in [0.717, 1.165) is 34.3 Å². The maximum atomic E-state index is 13.8. The number of nitrogens with zero attached hydrogens (tertiary/aromatic N) is 1. The highest BCUT2D eigenvalue weighted by atomic mass is 32.2. The Bertz CT molecular complexity index is 963. The second-order valence-electron chi connectivity index (χ2n) is 6.09. The van der Waals surface area contributed by atoms with E-state index in [1.54, 1.807) is 19.9 Å². The molecule has 0 heterocycles. The van der Waals surface area contributed by atoms with Crippen molar-refractivity contribution in [2.24, 2.45) is 0 Å². The van der Waals surface area contributed by atoms with Crippen LogP contribution in [0.2, 0.25) is 0 Å². The van der Waals surface area contributed by atoms with Gasteiger partial charge in [-0.15, -0.1) is 11.8 Å². The smallest absolute Gasteiger partial charge is 0.242 e. The van der Waals surface area contributed by atoms with Crippen LogP contribution in [-0.4, -0.2) is 38.0 Å². The third-order valence-corrected chi connectivity index (χ3v) is 6.76. The van der Waals surface area contributed by atoms with Crippen molar-refractivity contribution in [3.63, 3.8) is 0 Å². The van der Waals surface area contributed by atoms with Crippen molar-refractivity contribution in [1.82, 2.24) is 4.31 Å². The molecule has 2 aromatic rings. The number of aryl methyl sites for hydroxylation is 1. The summed E-state index contributed by atoms with van der Waals surface area (Å²) in [4.78, 5) is 12.5. The number of benzene rings is 2. The van der Waals surface area contributed by atoms with E-state index in [9.17, 15) is 22.0 Å². The molecule has 2 aromatic carbocycles. The van der Waals surface area contributed by atoms with E-state index < -0.39 is 32.8 Å². The zero-order valence-corrected chi connectivity index (χ0v) is 16.9. The van der Waals surface area contributed by atoms with Crippen LogP contribution in [0.25, 0.3) is 0 Å². The Morgan fingerprint density at radius 1 is 1.15 bits per heavy atom. The van der Waals surface area contributed by atoms with E-state index in [2.05, 4.69) is 5.32 Å². The number of carbonyl (C=O) groups excluding carboxylic acids is 1. The second-order valence-corrected chi connectivity index (χ2v) is 9.62. The largest absolute Gasteiger partial charge is 0.325 e. The Balaban J connectivity index is 2.21. The van der Waals surface area contributed by atoms with Crippen LogP contribution >= 0.6 is 11.8 Å². The number of amides is 1. The lowest BCUT2D eigenvalue weighted by Gasteiger charge is -2.16. The Morgan fingerprint density at radius 3 is 2.44 bits per heavy atom. The molecule has 0 radical (unpaired) electrons. The van der Waals surface area contributed by atoms with Gasteiger partial charge in [-0.1, -0.05) is 6.07 Å². The van der Waals surface area contributed by atoms with Crippen LogP contribution in [0, 0.1) is 18.6 Å². The molecule has 27 heavy (non-hydrogen) atoms. The van der Waals surface area contributed by atoms with Crippen molar-refractivity contribution in [3.8, 4) is 0 Å². The zero-order chi connectivity index (χ0) is 20.4. The summed E-state index contributed by atoms with van der Waals surface area (Å²) in [7, 11) is -0.813. The topological polar surface area (TPSA) is 66.5 Å². The monoisotopic (exact) mass is 414 g/mol. The van der Waals surface area contributed by atoms with E-state index in [0.29, 0.717) is 11.3 Å². The Labute approximate surface area is 161 Å². The lowest BCUT2D eigenvalue weighted by molar-refractivity contribution is -0.115. The van der Waals surface area contributed by atoms with Gasteiger partial charge in [0, 0.05) is 24.7 Å². The molecule has 0 aromatic heterocycles. The van der Waals surface area contributed by atoms with Gasteiger partial charge in [0.25, 0.3) is 0 Å². The van der Waals surface area contributed by atoms with Gasteiger partial charge < -0.3 is 5.32 Å². The molecule has 9 heteroatoms. The van der Waals surface area contributed by atoms with E-state index in [-0.39, 0.29) is 9.79 Å². The highest BCUT2D eigenvalue weighted by Gasteiger charge is 2.21. The van der Waals surface area contributed by atoms with E-state index >= 15 is 0 Å². The molecule has 0 fully saturated rings. The minimum absolute atomic E-state index is 0.0262. The molecule has 1 N–H and O–H groups in total. The molecule has 1 atom stereocenters. The fourth-order valence-corrected chi connectivity index (χ4v) is 3.99. The van der Waals surface area contributed by atoms with Crippen LogP contribution < -0.4 is 5.32 Å². The maximum Gasteiger partial charge on any atom is 0.242 e. The molecule has 0 spiro atoms. The number of hydrogen-bond donors (Lipinski definition) is 1. The lowest BCUT2D eigenvalue weighted by Crippen LogP contribution is -2.24. The van der Waals surface area contributed by atoms with Gasteiger partial charge in [-0.05, 0) is 49.7 Å². The molecule has 0 aliphatic carbocycles. The van der Waals surface area contributed by atoms with Gasteiger partial charge in [0.15, 0.2) is 0 Å². The van der Waals surface area contributed by atoms with Crippen molar-refractivity contribution in [3.05, 3.63) is 53.6 Å².